The summed E-state index contributed by atoms with van der Waals surface area (Å²) in [6, 6.07) is 7.09. The third-order valence-electron chi connectivity index (χ3n) is 6.48. The first-order chi connectivity index (χ1) is 15.5. The molecule has 0 aromatic carbocycles. The van der Waals surface area contributed by atoms with Crippen LogP contribution in [0.25, 0.3) is 5.65 Å². The van der Waals surface area contributed by atoms with Crippen LogP contribution in [0.3, 0.4) is 0 Å². The van der Waals surface area contributed by atoms with E-state index in [-0.39, 0.29) is 6.10 Å². The highest BCUT2D eigenvalue weighted by atomic mass is 16.5. The lowest BCUT2D eigenvalue weighted by atomic mass is 9.99. The average Bonchev–Trinajstić information content (AvgIpc) is 3.21. The van der Waals surface area contributed by atoms with Crippen molar-refractivity contribution in [1.29, 1.82) is 0 Å². The van der Waals surface area contributed by atoms with Gasteiger partial charge in [0.05, 0.1) is 12.3 Å². The van der Waals surface area contributed by atoms with E-state index < -0.39 is 0 Å². The van der Waals surface area contributed by atoms with Crippen molar-refractivity contribution >= 4 is 11.5 Å². The van der Waals surface area contributed by atoms with Gasteiger partial charge in [-0.15, -0.1) is 0 Å². The first-order valence-electron chi connectivity index (χ1n) is 12.2. The molecule has 1 atom stereocenters. The summed E-state index contributed by atoms with van der Waals surface area (Å²) in [6.45, 7) is 8.28. The molecule has 3 aromatic rings. The second-order valence-electron chi connectivity index (χ2n) is 9.29. The maximum atomic E-state index is 5.88. The molecule has 1 saturated heterocycles. The summed E-state index contributed by atoms with van der Waals surface area (Å²) in [4.78, 5) is 7.67. The number of fused-ring (bicyclic) bond motifs is 1. The molecule has 0 spiro atoms. The molecule has 4 heterocycles. The van der Waals surface area contributed by atoms with Crippen molar-refractivity contribution in [2.75, 3.05) is 18.1 Å². The zero-order chi connectivity index (χ0) is 22.5. The topological polar surface area (TPSA) is 46.5 Å². The van der Waals surface area contributed by atoms with Gasteiger partial charge in [-0.3, -0.25) is 0 Å². The number of rotatable bonds is 9. The Balaban J connectivity index is 1.62. The second-order valence-corrected chi connectivity index (χ2v) is 9.29. The molecule has 6 nitrogen and oxygen atoms in total. The van der Waals surface area contributed by atoms with Gasteiger partial charge in [-0.2, -0.15) is 5.10 Å². The largest absolute Gasteiger partial charge is 0.379 e. The van der Waals surface area contributed by atoms with Crippen LogP contribution in [0, 0.1) is 0 Å². The van der Waals surface area contributed by atoms with Crippen LogP contribution in [0.1, 0.15) is 63.3 Å². The maximum Gasteiger partial charge on any atom is 0.171 e. The average molecular weight is 437 g/mol. The van der Waals surface area contributed by atoms with Gasteiger partial charge in [0.15, 0.2) is 18.0 Å². The van der Waals surface area contributed by atoms with Gasteiger partial charge in [0.25, 0.3) is 0 Å². The lowest BCUT2D eigenvalue weighted by molar-refractivity contribution is -0.671. The number of pyridine rings is 1. The molecule has 1 aliphatic heterocycles. The molecule has 4 rings (SSSR count). The van der Waals surface area contributed by atoms with Crippen molar-refractivity contribution in [2.24, 2.45) is 7.05 Å². The maximum absolute atomic E-state index is 5.88. The number of hydrogen-bond donors (Lipinski definition) is 0. The fourth-order valence-corrected chi connectivity index (χ4v) is 4.74. The SMILES string of the molecule is CCc1cnn2c(CCc3ccc[n+](C)c3)cc(N3CCCCC3CCOC(C)C)nc12. The minimum Gasteiger partial charge on any atom is -0.379 e. The first kappa shape index (κ1) is 22.7. The Bertz CT molecular complexity index is 1030. The Morgan fingerprint density at radius 2 is 2.12 bits per heavy atom. The van der Waals surface area contributed by atoms with Gasteiger partial charge in [-0.1, -0.05) is 6.92 Å². The van der Waals surface area contributed by atoms with Crippen molar-refractivity contribution in [1.82, 2.24) is 14.6 Å². The highest BCUT2D eigenvalue weighted by Crippen LogP contribution is 2.28. The van der Waals surface area contributed by atoms with E-state index in [4.69, 9.17) is 14.8 Å². The van der Waals surface area contributed by atoms with Gasteiger partial charge in [0.2, 0.25) is 0 Å². The lowest BCUT2D eigenvalue weighted by Gasteiger charge is -2.37. The monoisotopic (exact) mass is 436 g/mol. The van der Waals surface area contributed by atoms with Crippen molar-refractivity contribution < 1.29 is 9.30 Å². The molecule has 1 aliphatic rings. The number of hydrogen-bond acceptors (Lipinski definition) is 4. The van der Waals surface area contributed by atoms with E-state index in [0.29, 0.717) is 6.04 Å². The molecular weight excluding hydrogens is 398 g/mol. The van der Waals surface area contributed by atoms with Crippen molar-refractivity contribution in [3.8, 4) is 0 Å². The normalized spacial score (nSPS) is 16.9. The summed E-state index contributed by atoms with van der Waals surface area (Å²) in [6.07, 6.45) is 14.2. The molecule has 1 unspecified atom stereocenters. The molecular formula is C26H38N5O+. The molecule has 0 aliphatic carbocycles. The smallest absolute Gasteiger partial charge is 0.171 e. The zero-order valence-corrected chi connectivity index (χ0v) is 20.1. The van der Waals surface area contributed by atoms with Gasteiger partial charge >= 0.3 is 0 Å². The van der Waals surface area contributed by atoms with E-state index in [1.54, 1.807) is 0 Å². The van der Waals surface area contributed by atoms with Crippen LogP contribution in [-0.4, -0.2) is 39.9 Å². The minimum absolute atomic E-state index is 0.284. The minimum atomic E-state index is 0.284. The van der Waals surface area contributed by atoms with Crippen LogP contribution in [0.2, 0.25) is 0 Å². The highest BCUT2D eigenvalue weighted by molar-refractivity contribution is 5.55. The molecule has 6 heteroatoms. The van der Waals surface area contributed by atoms with Crippen molar-refractivity contribution in [3.05, 3.63) is 53.6 Å². The summed E-state index contributed by atoms with van der Waals surface area (Å²) in [5, 5.41) is 4.70. The van der Waals surface area contributed by atoms with Gasteiger partial charge in [-0.05, 0) is 64.9 Å². The highest BCUT2D eigenvalue weighted by Gasteiger charge is 2.25. The van der Waals surface area contributed by atoms with Crippen LogP contribution in [0.15, 0.2) is 36.8 Å². The Labute approximate surface area is 192 Å². The Morgan fingerprint density at radius 1 is 1.25 bits per heavy atom. The third-order valence-corrected chi connectivity index (χ3v) is 6.48. The van der Waals surface area contributed by atoms with E-state index in [1.807, 2.05) is 6.20 Å². The fourth-order valence-electron chi connectivity index (χ4n) is 4.74. The molecule has 172 valence electrons. The first-order valence-corrected chi connectivity index (χ1v) is 12.2. The van der Waals surface area contributed by atoms with Gasteiger partial charge < -0.3 is 9.64 Å². The standard InChI is InChI=1S/C26H38N5O/c1-5-22-18-27-31-24(12-11-21-9-8-14-29(4)19-21)17-25(28-26(22)31)30-15-7-6-10-23(30)13-16-32-20(2)3/h8-9,14,17-20,23H,5-7,10-13,15-16H2,1-4H3/q+1. The number of nitrogens with zero attached hydrogens (tertiary/aromatic N) is 5. The number of aryl methyl sites for hydroxylation is 4. The van der Waals surface area contributed by atoms with Crippen molar-refractivity contribution in [2.45, 2.75) is 77.9 Å². The van der Waals surface area contributed by atoms with E-state index in [0.717, 1.165) is 50.3 Å². The fraction of sp³-hybridized carbons (Fsp3) is 0.577. The molecule has 0 radical (unpaired) electrons. The number of anilines is 1. The third kappa shape index (κ3) is 5.29. The molecule has 32 heavy (non-hydrogen) atoms. The summed E-state index contributed by atoms with van der Waals surface area (Å²) in [5.74, 6) is 1.11. The summed E-state index contributed by atoms with van der Waals surface area (Å²) in [5.41, 5.74) is 4.81. The molecule has 0 amide bonds. The second kappa shape index (κ2) is 10.4. The van der Waals surface area contributed by atoms with E-state index in [1.165, 1.54) is 36.1 Å². The van der Waals surface area contributed by atoms with E-state index >= 15 is 0 Å². The van der Waals surface area contributed by atoms with Crippen LogP contribution >= 0.6 is 0 Å². The van der Waals surface area contributed by atoms with Gasteiger partial charge in [0.1, 0.15) is 12.9 Å². The quantitative estimate of drug-likeness (QED) is 0.474. The summed E-state index contributed by atoms with van der Waals surface area (Å²) < 4.78 is 10.1. The number of aromatic nitrogens is 4. The van der Waals surface area contributed by atoms with Gasteiger partial charge in [-0.25, -0.2) is 14.1 Å². The van der Waals surface area contributed by atoms with Crippen LogP contribution < -0.4 is 9.47 Å². The number of ether oxygens (including phenoxy) is 1. The zero-order valence-electron chi connectivity index (χ0n) is 20.1. The Morgan fingerprint density at radius 3 is 2.91 bits per heavy atom. The van der Waals surface area contributed by atoms with Crippen LogP contribution in [-0.2, 0) is 31.0 Å². The predicted octanol–water partition coefficient (Wildman–Crippen LogP) is 4.08. The Kier molecular flexibility index (Phi) is 7.40. The molecule has 0 bridgehead atoms. The predicted molar refractivity (Wildman–Crippen MR) is 128 cm³/mol. The summed E-state index contributed by atoms with van der Waals surface area (Å²) >= 11 is 0. The number of piperidine rings is 1. The lowest BCUT2D eigenvalue weighted by Crippen LogP contribution is -2.41. The molecule has 3 aromatic heterocycles. The Hall–Kier alpha value is -2.47. The van der Waals surface area contributed by atoms with Gasteiger partial charge in [0, 0.05) is 48.1 Å². The van der Waals surface area contributed by atoms with Crippen molar-refractivity contribution in [3.63, 3.8) is 0 Å². The van der Waals surface area contributed by atoms with Crippen LogP contribution in [0.4, 0.5) is 5.82 Å². The van der Waals surface area contributed by atoms with E-state index in [2.05, 4.69) is 72.4 Å². The van der Waals surface area contributed by atoms with Crippen LogP contribution in [0.5, 0.6) is 0 Å². The van der Waals surface area contributed by atoms with E-state index in [9.17, 15) is 0 Å². The molecule has 0 N–H and O–H groups in total. The summed E-state index contributed by atoms with van der Waals surface area (Å²) in [7, 11) is 2.08. The molecule has 1 fully saturated rings. The molecule has 0 saturated carbocycles.